The predicted molar refractivity (Wildman–Crippen MR) is 121 cm³/mol. The van der Waals surface area contributed by atoms with Gasteiger partial charge in [0.15, 0.2) is 0 Å². The van der Waals surface area contributed by atoms with Gasteiger partial charge in [-0.3, -0.25) is 4.79 Å². The molecule has 0 unspecified atom stereocenters. The summed E-state index contributed by atoms with van der Waals surface area (Å²) >= 11 is 0. The van der Waals surface area contributed by atoms with Crippen LogP contribution in [0.4, 0.5) is 0 Å². The molecule has 2 saturated carbocycles. The molecule has 5 atom stereocenters. The summed E-state index contributed by atoms with van der Waals surface area (Å²) in [7, 11) is 0. The largest absolute Gasteiger partial charge is 0.424 e. The van der Waals surface area contributed by atoms with Crippen LogP contribution in [-0.4, -0.2) is 28.5 Å². The number of hydrogen-bond acceptors (Lipinski definition) is 5. The molecule has 1 aromatic carbocycles. The lowest BCUT2D eigenvalue weighted by Crippen LogP contribution is -2.59. The summed E-state index contributed by atoms with van der Waals surface area (Å²) < 4.78 is 12.1. The molecule has 170 valence electrons. The summed E-state index contributed by atoms with van der Waals surface area (Å²) in [5, 5.41) is 3.47. The normalized spacial score (nSPS) is 32.5. The maximum absolute atomic E-state index is 12.7. The average molecular weight is 436 g/mol. The van der Waals surface area contributed by atoms with E-state index < -0.39 is 0 Å². The first-order valence-electron chi connectivity index (χ1n) is 11.8. The minimum absolute atomic E-state index is 0.00319. The van der Waals surface area contributed by atoms with Crippen LogP contribution >= 0.6 is 0 Å². The molecule has 1 spiro atoms. The quantitative estimate of drug-likeness (QED) is 0.721. The van der Waals surface area contributed by atoms with Crippen LogP contribution in [0.3, 0.4) is 0 Å². The summed E-state index contributed by atoms with van der Waals surface area (Å²) in [5.41, 5.74) is 1.39. The molecular formula is C26H33N3O3. The number of aromatic nitrogens is 2. The van der Waals surface area contributed by atoms with E-state index in [0.717, 1.165) is 19.4 Å². The molecule has 5 rings (SSSR count). The standard InChI is InChI=1S/C26H33N3O3/c1-16(2)22(30)29-23-25(3,4)18-14-20-21(31-13-10-26(20,23)15-18)17-6-8-19(9-7-17)32-24-27-11-5-12-28-24/h5-9,11-12,16,18,20-21,23H,10,13-15H2,1-4H3,(H,29,30)/t18-,20-,21-,23-,26-/m1/s1. The smallest absolute Gasteiger partial charge is 0.321 e. The van der Waals surface area contributed by atoms with Crippen molar-refractivity contribution >= 4 is 5.91 Å². The zero-order valence-electron chi connectivity index (χ0n) is 19.4. The van der Waals surface area contributed by atoms with Gasteiger partial charge in [-0.05, 0) is 65.7 Å². The van der Waals surface area contributed by atoms with Crippen LogP contribution in [-0.2, 0) is 9.53 Å². The first-order chi connectivity index (χ1) is 15.3. The van der Waals surface area contributed by atoms with Gasteiger partial charge in [0.2, 0.25) is 5.91 Å². The zero-order valence-corrected chi connectivity index (χ0v) is 19.4. The molecule has 2 aliphatic carbocycles. The van der Waals surface area contributed by atoms with E-state index in [-0.39, 0.29) is 34.8 Å². The van der Waals surface area contributed by atoms with Crippen molar-refractivity contribution in [2.45, 2.75) is 59.1 Å². The zero-order chi connectivity index (χ0) is 22.5. The highest BCUT2D eigenvalue weighted by molar-refractivity contribution is 5.78. The van der Waals surface area contributed by atoms with Crippen molar-refractivity contribution in [3.63, 3.8) is 0 Å². The summed E-state index contributed by atoms with van der Waals surface area (Å²) in [6.45, 7) is 9.36. The fourth-order valence-electron chi connectivity index (χ4n) is 6.60. The van der Waals surface area contributed by atoms with E-state index in [2.05, 4.69) is 41.3 Å². The van der Waals surface area contributed by atoms with Gasteiger partial charge in [-0.2, -0.15) is 0 Å². The van der Waals surface area contributed by atoms with Gasteiger partial charge in [-0.1, -0.05) is 39.8 Å². The molecule has 32 heavy (non-hydrogen) atoms. The van der Waals surface area contributed by atoms with Gasteiger partial charge in [0, 0.05) is 31.0 Å². The predicted octanol–water partition coefficient (Wildman–Crippen LogP) is 4.92. The van der Waals surface area contributed by atoms with Gasteiger partial charge in [-0.15, -0.1) is 0 Å². The van der Waals surface area contributed by atoms with Gasteiger partial charge in [0.1, 0.15) is 5.75 Å². The summed E-state index contributed by atoms with van der Waals surface area (Å²) in [4.78, 5) is 20.9. The second-order valence-electron chi connectivity index (χ2n) is 10.6. The second kappa shape index (κ2) is 7.84. The molecule has 6 heteroatoms. The number of carbonyl (C=O) groups excluding carboxylic acids is 1. The molecule has 6 nitrogen and oxygen atoms in total. The van der Waals surface area contributed by atoms with E-state index in [0.29, 0.717) is 23.6 Å². The minimum atomic E-state index is -0.00319. The molecule has 3 fully saturated rings. The SMILES string of the molecule is CC(C)C(=O)N[C@@H]1C(C)(C)[C@@H]2C[C@@H]3[C@@H](c4ccc(Oc5ncccn5)cc4)OCC[C@@]31C2. The lowest BCUT2D eigenvalue weighted by atomic mass is 9.58. The van der Waals surface area contributed by atoms with E-state index in [1.54, 1.807) is 18.5 Å². The third-order valence-corrected chi connectivity index (χ3v) is 8.28. The fourth-order valence-corrected chi connectivity index (χ4v) is 6.60. The Morgan fingerprint density at radius 1 is 1.19 bits per heavy atom. The van der Waals surface area contributed by atoms with Gasteiger partial charge < -0.3 is 14.8 Å². The van der Waals surface area contributed by atoms with Crippen molar-refractivity contribution in [3.05, 3.63) is 48.3 Å². The van der Waals surface area contributed by atoms with Crippen LogP contribution in [0.2, 0.25) is 0 Å². The molecule has 1 aromatic heterocycles. The highest BCUT2D eigenvalue weighted by Gasteiger charge is 2.68. The third-order valence-electron chi connectivity index (χ3n) is 8.28. The van der Waals surface area contributed by atoms with Crippen LogP contribution in [0.25, 0.3) is 0 Å². The van der Waals surface area contributed by atoms with E-state index in [1.165, 1.54) is 12.0 Å². The molecule has 2 aromatic rings. The van der Waals surface area contributed by atoms with Gasteiger partial charge in [0.05, 0.1) is 6.10 Å². The lowest BCUT2D eigenvalue weighted by Gasteiger charge is -2.53. The Kier molecular flexibility index (Phi) is 5.24. The Hall–Kier alpha value is -2.47. The molecule has 3 aliphatic rings. The Labute approximate surface area is 190 Å². The van der Waals surface area contributed by atoms with Crippen molar-refractivity contribution in [2.75, 3.05) is 6.61 Å². The topological polar surface area (TPSA) is 73.3 Å². The van der Waals surface area contributed by atoms with E-state index in [9.17, 15) is 4.79 Å². The van der Waals surface area contributed by atoms with E-state index in [1.807, 2.05) is 26.0 Å². The monoisotopic (exact) mass is 435 g/mol. The average Bonchev–Trinajstić information content (AvgIpc) is 3.27. The fraction of sp³-hybridized carbons (Fsp3) is 0.577. The van der Waals surface area contributed by atoms with Crippen LogP contribution in [0.1, 0.15) is 58.6 Å². The Morgan fingerprint density at radius 3 is 2.59 bits per heavy atom. The molecule has 1 saturated heterocycles. The number of benzene rings is 1. The maximum Gasteiger partial charge on any atom is 0.321 e. The Balaban J connectivity index is 1.39. The van der Waals surface area contributed by atoms with Crippen molar-refractivity contribution in [1.29, 1.82) is 0 Å². The highest BCUT2D eigenvalue weighted by Crippen LogP contribution is 2.70. The van der Waals surface area contributed by atoms with Crippen molar-refractivity contribution in [1.82, 2.24) is 15.3 Å². The molecule has 1 N–H and O–H groups in total. The first-order valence-corrected chi connectivity index (χ1v) is 11.8. The van der Waals surface area contributed by atoms with Crippen molar-refractivity contribution in [2.24, 2.45) is 28.6 Å². The minimum Gasteiger partial charge on any atom is -0.424 e. The molecular weight excluding hydrogens is 402 g/mol. The molecule has 2 heterocycles. The molecule has 2 bridgehead atoms. The number of nitrogens with zero attached hydrogens (tertiary/aromatic N) is 2. The van der Waals surface area contributed by atoms with Crippen LogP contribution in [0.5, 0.6) is 11.8 Å². The maximum atomic E-state index is 12.7. The number of hydrogen-bond donors (Lipinski definition) is 1. The lowest BCUT2D eigenvalue weighted by molar-refractivity contribution is -0.139. The van der Waals surface area contributed by atoms with Gasteiger partial charge in [0.25, 0.3) is 0 Å². The number of fused-ring (bicyclic) bond motifs is 1. The van der Waals surface area contributed by atoms with Gasteiger partial charge in [-0.25, -0.2) is 9.97 Å². The molecule has 0 radical (unpaired) electrons. The summed E-state index contributed by atoms with van der Waals surface area (Å²) in [6.07, 6.45) is 6.73. The number of ether oxygens (including phenoxy) is 2. The van der Waals surface area contributed by atoms with Gasteiger partial charge >= 0.3 is 6.01 Å². The van der Waals surface area contributed by atoms with E-state index in [4.69, 9.17) is 9.47 Å². The third kappa shape index (κ3) is 3.40. The molecule has 1 amide bonds. The van der Waals surface area contributed by atoms with E-state index >= 15 is 0 Å². The second-order valence-corrected chi connectivity index (χ2v) is 10.6. The van der Waals surface area contributed by atoms with Crippen molar-refractivity contribution in [3.8, 4) is 11.8 Å². The Morgan fingerprint density at radius 2 is 1.91 bits per heavy atom. The number of amides is 1. The summed E-state index contributed by atoms with van der Waals surface area (Å²) in [6, 6.07) is 10.4. The van der Waals surface area contributed by atoms with Crippen LogP contribution in [0, 0.1) is 28.6 Å². The first kappa shape index (κ1) is 21.4. The highest BCUT2D eigenvalue weighted by atomic mass is 16.5. The van der Waals surface area contributed by atoms with Crippen LogP contribution in [0.15, 0.2) is 42.7 Å². The molecule has 1 aliphatic heterocycles. The number of carbonyl (C=O) groups is 1. The summed E-state index contributed by atoms with van der Waals surface area (Å²) in [5.74, 6) is 1.89. The van der Waals surface area contributed by atoms with Crippen LogP contribution < -0.4 is 10.1 Å². The number of rotatable bonds is 5. The number of nitrogens with one attached hydrogen (secondary N) is 1. The Bertz CT molecular complexity index is 976. The van der Waals surface area contributed by atoms with Crippen molar-refractivity contribution < 1.29 is 14.3 Å².